The van der Waals surface area contributed by atoms with Gasteiger partial charge in [-0.05, 0) is 24.6 Å². The molecule has 0 saturated heterocycles. The SMILES string of the molecule is Cc1nc(S(=O)(=O)Nc2cccc(CN)c2)cn1C. The molecule has 3 N–H and O–H groups in total. The van der Waals surface area contributed by atoms with Crippen molar-refractivity contribution in [1.29, 1.82) is 0 Å². The lowest BCUT2D eigenvalue weighted by Crippen LogP contribution is -2.13. The highest BCUT2D eigenvalue weighted by molar-refractivity contribution is 7.92. The van der Waals surface area contributed by atoms with E-state index in [1.807, 2.05) is 6.07 Å². The zero-order chi connectivity index (χ0) is 14.0. The van der Waals surface area contributed by atoms with Crippen molar-refractivity contribution in [3.8, 4) is 0 Å². The topological polar surface area (TPSA) is 90.0 Å². The van der Waals surface area contributed by atoms with E-state index in [-0.39, 0.29) is 5.03 Å². The summed E-state index contributed by atoms with van der Waals surface area (Å²) >= 11 is 0. The summed E-state index contributed by atoms with van der Waals surface area (Å²) in [6, 6.07) is 6.96. The third-order valence-corrected chi connectivity index (χ3v) is 4.03. The molecule has 0 amide bonds. The van der Waals surface area contributed by atoms with E-state index in [1.54, 1.807) is 36.7 Å². The number of benzene rings is 1. The molecular formula is C12H16N4O2S. The minimum Gasteiger partial charge on any atom is -0.337 e. The van der Waals surface area contributed by atoms with Crippen molar-refractivity contribution >= 4 is 15.7 Å². The van der Waals surface area contributed by atoms with Crippen LogP contribution in [0.2, 0.25) is 0 Å². The molecule has 2 aromatic rings. The van der Waals surface area contributed by atoms with Crippen molar-refractivity contribution in [3.63, 3.8) is 0 Å². The van der Waals surface area contributed by atoms with Gasteiger partial charge in [0.25, 0.3) is 10.0 Å². The summed E-state index contributed by atoms with van der Waals surface area (Å²) in [5.74, 6) is 0.635. The molecule has 0 radical (unpaired) electrons. The molecule has 0 unspecified atom stereocenters. The summed E-state index contributed by atoms with van der Waals surface area (Å²) in [7, 11) is -1.92. The maximum Gasteiger partial charge on any atom is 0.280 e. The maximum atomic E-state index is 12.1. The van der Waals surface area contributed by atoms with Crippen LogP contribution in [-0.2, 0) is 23.6 Å². The second-order valence-corrected chi connectivity index (χ2v) is 5.88. The van der Waals surface area contributed by atoms with Crippen LogP contribution in [0, 0.1) is 6.92 Å². The summed E-state index contributed by atoms with van der Waals surface area (Å²) in [5.41, 5.74) is 6.86. The van der Waals surface area contributed by atoms with Crippen LogP contribution >= 0.6 is 0 Å². The zero-order valence-electron chi connectivity index (χ0n) is 10.8. The number of hydrogen-bond acceptors (Lipinski definition) is 4. The van der Waals surface area contributed by atoms with Crippen molar-refractivity contribution in [3.05, 3.63) is 41.9 Å². The number of aryl methyl sites for hydroxylation is 2. The molecule has 0 aliphatic rings. The van der Waals surface area contributed by atoms with Crippen molar-refractivity contribution in [2.75, 3.05) is 4.72 Å². The molecule has 0 saturated carbocycles. The Morgan fingerprint density at radius 1 is 1.42 bits per heavy atom. The molecule has 2 rings (SSSR count). The fourth-order valence-corrected chi connectivity index (χ4v) is 2.72. The summed E-state index contributed by atoms with van der Waals surface area (Å²) in [5, 5.41) is 0.00523. The van der Waals surface area contributed by atoms with E-state index in [9.17, 15) is 8.42 Å². The molecule has 0 aliphatic heterocycles. The average molecular weight is 280 g/mol. The van der Waals surface area contributed by atoms with Gasteiger partial charge >= 0.3 is 0 Å². The van der Waals surface area contributed by atoms with Gasteiger partial charge in [0.1, 0.15) is 5.82 Å². The lowest BCUT2D eigenvalue weighted by molar-refractivity contribution is 0.598. The Morgan fingerprint density at radius 2 is 2.16 bits per heavy atom. The number of rotatable bonds is 4. The summed E-state index contributed by atoms with van der Waals surface area (Å²) < 4.78 is 28.4. The molecule has 0 fully saturated rings. The van der Waals surface area contributed by atoms with Crippen molar-refractivity contribution < 1.29 is 8.42 Å². The third-order valence-electron chi connectivity index (χ3n) is 2.78. The standard InChI is InChI=1S/C12H16N4O2S/c1-9-14-12(8-16(9)2)19(17,18)15-11-5-3-4-10(6-11)7-13/h3-6,8,15H,7,13H2,1-2H3. The van der Waals surface area contributed by atoms with Crippen molar-refractivity contribution in [1.82, 2.24) is 9.55 Å². The van der Waals surface area contributed by atoms with Gasteiger partial charge in [0, 0.05) is 25.5 Å². The highest BCUT2D eigenvalue weighted by Crippen LogP contribution is 2.16. The molecule has 1 aromatic carbocycles. The number of aromatic nitrogens is 2. The van der Waals surface area contributed by atoms with E-state index in [2.05, 4.69) is 9.71 Å². The number of nitrogens with one attached hydrogen (secondary N) is 1. The summed E-state index contributed by atoms with van der Waals surface area (Å²) in [6.45, 7) is 2.10. The van der Waals surface area contributed by atoms with Crippen molar-refractivity contribution in [2.24, 2.45) is 12.8 Å². The van der Waals surface area contributed by atoms with Gasteiger partial charge in [-0.15, -0.1) is 0 Å². The minimum absolute atomic E-state index is 0.00523. The largest absolute Gasteiger partial charge is 0.337 e. The first-order chi connectivity index (χ1) is 8.92. The van der Waals surface area contributed by atoms with Gasteiger partial charge in [-0.1, -0.05) is 12.1 Å². The van der Waals surface area contributed by atoms with Crippen LogP contribution in [0.4, 0.5) is 5.69 Å². The molecule has 0 aliphatic carbocycles. The van der Waals surface area contributed by atoms with Gasteiger partial charge in [-0.25, -0.2) is 4.98 Å². The predicted octanol–water partition coefficient (Wildman–Crippen LogP) is 0.988. The number of anilines is 1. The number of hydrogen-bond donors (Lipinski definition) is 2. The highest BCUT2D eigenvalue weighted by Gasteiger charge is 2.18. The van der Waals surface area contributed by atoms with Crippen LogP contribution in [0.1, 0.15) is 11.4 Å². The quantitative estimate of drug-likeness (QED) is 0.873. The third kappa shape index (κ3) is 2.94. The number of imidazole rings is 1. The Balaban J connectivity index is 2.30. The smallest absolute Gasteiger partial charge is 0.280 e. The monoisotopic (exact) mass is 280 g/mol. The lowest BCUT2D eigenvalue weighted by Gasteiger charge is -2.06. The number of sulfonamides is 1. The zero-order valence-corrected chi connectivity index (χ0v) is 11.6. The Labute approximate surface area is 112 Å². The van der Waals surface area contributed by atoms with E-state index >= 15 is 0 Å². The second kappa shape index (κ2) is 5.02. The van der Waals surface area contributed by atoms with Gasteiger partial charge in [0.05, 0.1) is 0 Å². The van der Waals surface area contributed by atoms with Gasteiger partial charge in [0.15, 0.2) is 5.03 Å². The Morgan fingerprint density at radius 3 is 2.74 bits per heavy atom. The van der Waals surface area contributed by atoms with E-state index in [0.717, 1.165) is 5.56 Å². The molecule has 19 heavy (non-hydrogen) atoms. The molecule has 0 bridgehead atoms. The van der Waals surface area contributed by atoms with Crippen LogP contribution in [0.5, 0.6) is 0 Å². The lowest BCUT2D eigenvalue weighted by atomic mass is 10.2. The van der Waals surface area contributed by atoms with Gasteiger partial charge in [-0.3, -0.25) is 4.72 Å². The van der Waals surface area contributed by atoms with E-state index < -0.39 is 10.0 Å². The highest BCUT2D eigenvalue weighted by atomic mass is 32.2. The predicted molar refractivity (Wildman–Crippen MR) is 73.1 cm³/mol. The molecule has 1 aromatic heterocycles. The molecule has 102 valence electrons. The fourth-order valence-electron chi connectivity index (χ4n) is 1.62. The average Bonchev–Trinajstić information content (AvgIpc) is 2.70. The van der Waals surface area contributed by atoms with Crippen LogP contribution in [-0.4, -0.2) is 18.0 Å². The Bertz CT molecular complexity index is 672. The van der Waals surface area contributed by atoms with Gasteiger partial charge in [-0.2, -0.15) is 8.42 Å². The van der Waals surface area contributed by atoms with Crippen LogP contribution in [0.25, 0.3) is 0 Å². The fraction of sp³-hybridized carbons (Fsp3) is 0.250. The number of nitrogens with zero attached hydrogens (tertiary/aromatic N) is 2. The molecule has 7 heteroatoms. The first-order valence-corrected chi connectivity index (χ1v) is 7.22. The molecule has 0 atom stereocenters. The summed E-state index contributed by atoms with van der Waals surface area (Å²) in [6.07, 6.45) is 1.48. The molecular weight excluding hydrogens is 264 g/mol. The maximum absolute atomic E-state index is 12.1. The van der Waals surface area contributed by atoms with Crippen LogP contribution in [0.15, 0.2) is 35.5 Å². The summed E-state index contributed by atoms with van der Waals surface area (Å²) in [4.78, 5) is 4.01. The molecule has 6 nitrogen and oxygen atoms in total. The second-order valence-electron chi connectivity index (χ2n) is 4.25. The Kier molecular flexibility index (Phi) is 3.59. The molecule has 1 heterocycles. The van der Waals surface area contributed by atoms with Crippen molar-refractivity contribution in [2.45, 2.75) is 18.5 Å². The molecule has 0 spiro atoms. The first kappa shape index (κ1) is 13.6. The number of nitrogens with two attached hydrogens (primary N) is 1. The Hall–Kier alpha value is -1.86. The van der Waals surface area contributed by atoms with E-state index in [0.29, 0.717) is 18.1 Å². The van der Waals surface area contributed by atoms with E-state index in [1.165, 1.54) is 6.20 Å². The normalized spacial score (nSPS) is 11.5. The van der Waals surface area contributed by atoms with Crippen LogP contribution < -0.4 is 10.5 Å². The first-order valence-electron chi connectivity index (χ1n) is 5.74. The minimum atomic E-state index is -3.66. The van der Waals surface area contributed by atoms with Gasteiger partial charge in [0.2, 0.25) is 0 Å². The van der Waals surface area contributed by atoms with Gasteiger partial charge < -0.3 is 10.3 Å². The van der Waals surface area contributed by atoms with Crippen LogP contribution in [0.3, 0.4) is 0 Å². The van der Waals surface area contributed by atoms with E-state index in [4.69, 9.17) is 5.73 Å².